The van der Waals surface area contributed by atoms with Crippen LogP contribution in [0.25, 0.3) is 10.9 Å². The highest BCUT2D eigenvalue weighted by Crippen LogP contribution is 2.18. The number of rotatable bonds is 4. The summed E-state index contributed by atoms with van der Waals surface area (Å²) in [7, 11) is 0. The van der Waals surface area contributed by atoms with Gasteiger partial charge < -0.3 is 15.7 Å². The van der Waals surface area contributed by atoms with Gasteiger partial charge in [-0.2, -0.15) is 0 Å². The average Bonchev–Trinajstić information content (AvgIpc) is 2.54. The van der Waals surface area contributed by atoms with Gasteiger partial charge in [0.1, 0.15) is 0 Å². The maximum atomic E-state index is 10.5. The summed E-state index contributed by atoms with van der Waals surface area (Å²) < 4.78 is 0. The van der Waals surface area contributed by atoms with Gasteiger partial charge in [-0.3, -0.25) is 0 Å². The summed E-state index contributed by atoms with van der Waals surface area (Å²) in [5, 5.41) is 15.1. The predicted molar refractivity (Wildman–Crippen MR) is 88.9 cm³/mol. The van der Waals surface area contributed by atoms with Crippen molar-refractivity contribution in [2.75, 3.05) is 5.32 Å². The Labute approximate surface area is 133 Å². The molecule has 0 unspecified atom stereocenters. The summed E-state index contributed by atoms with van der Waals surface area (Å²) in [6.07, 6.45) is 0.759. The molecule has 1 amide bonds. The number of carboxylic acid groups (broad SMARTS) is 1. The van der Waals surface area contributed by atoms with Gasteiger partial charge in [-0.15, -0.1) is 0 Å². The number of anilines is 2. The number of hydrogen-bond acceptors (Lipinski definition) is 4. The minimum atomic E-state index is -1.04. The molecule has 0 aliphatic rings. The van der Waals surface area contributed by atoms with Gasteiger partial charge in [0.15, 0.2) is 0 Å². The molecule has 0 spiro atoms. The van der Waals surface area contributed by atoms with Gasteiger partial charge in [0.2, 0.25) is 5.95 Å². The van der Waals surface area contributed by atoms with Crippen molar-refractivity contribution in [1.82, 2.24) is 15.3 Å². The number of amides is 1. The molecular weight excluding hydrogens is 292 g/mol. The van der Waals surface area contributed by atoms with Crippen LogP contribution in [-0.4, -0.2) is 21.2 Å². The maximum Gasteiger partial charge on any atom is 0.404 e. The largest absolute Gasteiger partial charge is 0.465 e. The lowest BCUT2D eigenvalue weighted by Gasteiger charge is -2.07. The third kappa shape index (κ3) is 3.74. The van der Waals surface area contributed by atoms with Crippen LogP contribution in [-0.2, 0) is 6.54 Å². The Morgan fingerprint density at radius 3 is 2.70 bits per heavy atom. The van der Waals surface area contributed by atoms with Crippen molar-refractivity contribution < 1.29 is 9.90 Å². The van der Waals surface area contributed by atoms with Gasteiger partial charge in [0.25, 0.3) is 0 Å². The predicted octanol–water partition coefficient (Wildman–Crippen LogP) is 3.45. The molecule has 0 aliphatic heterocycles. The molecule has 3 rings (SSSR count). The number of aromatic nitrogens is 2. The van der Waals surface area contributed by atoms with Crippen molar-refractivity contribution in [3.05, 3.63) is 59.8 Å². The van der Waals surface area contributed by atoms with Crippen LogP contribution in [0.1, 0.15) is 11.1 Å². The Morgan fingerprint density at radius 1 is 1.17 bits per heavy atom. The Kier molecular flexibility index (Phi) is 4.05. The number of nitrogens with one attached hydrogen (secondary N) is 2. The van der Waals surface area contributed by atoms with E-state index in [4.69, 9.17) is 5.11 Å². The lowest BCUT2D eigenvalue weighted by atomic mass is 10.2. The highest BCUT2D eigenvalue weighted by molar-refractivity contribution is 5.79. The SMILES string of the molecule is Cc1ccc2nc(Nc3ccc(CNC(=O)O)cc3)ncc2c1. The molecule has 6 heteroatoms. The quantitative estimate of drug-likeness (QED) is 0.687. The van der Waals surface area contributed by atoms with Gasteiger partial charge in [0.05, 0.1) is 5.52 Å². The van der Waals surface area contributed by atoms with Gasteiger partial charge >= 0.3 is 6.09 Å². The van der Waals surface area contributed by atoms with Crippen molar-refractivity contribution in [2.24, 2.45) is 0 Å². The van der Waals surface area contributed by atoms with Crippen LogP contribution in [0.4, 0.5) is 16.4 Å². The summed E-state index contributed by atoms with van der Waals surface area (Å²) in [5.41, 5.74) is 3.78. The number of hydrogen-bond donors (Lipinski definition) is 3. The van der Waals surface area contributed by atoms with Crippen LogP contribution >= 0.6 is 0 Å². The molecule has 3 aromatic rings. The molecule has 0 saturated carbocycles. The first-order chi connectivity index (χ1) is 11.1. The van der Waals surface area contributed by atoms with Crippen LogP contribution in [0.3, 0.4) is 0 Å². The average molecular weight is 308 g/mol. The molecule has 2 aromatic carbocycles. The van der Waals surface area contributed by atoms with E-state index in [-0.39, 0.29) is 6.54 Å². The second kappa shape index (κ2) is 6.31. The zero-order chi connectivity index (χ0) is 16.2. The van der Waals surface area contributed by atoms with Gasteiger partial charge in [-0.25, -0.2) is 14.8 Å². The molecule has 0 aliphatic carbocycles. The van der Waals surface area contributed by atoms with E-state index in [2.05, 4.69) is 20.6 Å². The first-order valence-electron chi connectivity index (χ1n) is 7.16. The minimum absolute atomic E-state index is 0.279. The van der Waals surface area contributed by atoms with Gasteiger partial charge in [-0.05, 0) is 36.8 Å². The number of benzene rings is 2. The molecule has 0 atom stereocenters. The lowest BCUT2D eigenvalue weighted by Crippen LogP contribution is -2.19. The molecular formula is C17H16N4O2. The van der Waals surface area contributed by atoms with Crippen LogP contribution < -0.4 is 10.6 Å². The molecule has 3 N–H and O–H groups in total. The molecule has 23 heavy (non-hydrogen) atoms. The van der Waals surface area contributed by atoms with E-state index in [1.54, 1.807) is 6.20 Å². The summed E-state index contributed by atoms with van der Waals surface area (Å²) >= 11 is 0. The van der Waals surface area contributed by atoms with E-state index in [0.717, 1.165) is 22.2 Å². The second-order valence-electron chi connectivity index (χ2n) is 5.24. The standard InChI is InChI=1S/C17H16N4O2/c1-11-2-7-15-13(8-11)10-18-16(21-15)20-14-5-3-12(4-6-14)9-19-17(22)23/h2-8,10,19H,9H2,1H3,(H,22,23)(H,18,20,21). The minimum Gasteiger partial charge on any atom is -0.465 e. The summed E-state index contributed by atoms with van der Waals surface area (Å²) in [4.78, 5) is 19.3. The summed E-state index contributed by atoms with van der Waals surface area (Å²) in [5.74, 6) is 0.526. The fraction of sp³-hybridized carbons (Fsp3) is 0.118. The molecule has 0 fully saturated rings. The second-order valence-corrected chi connectivity index (χ2v) is 5.24. The molecule has 1 aromatic heterocycles. The molecule has 0 bridgehead atoms. The fourth-order valence-corrected chi connectivity index (χ4v) is 2.23. The van der Waals surface area contributed by atoms with Crippen molar-refractivity contribution in [3.63, 3.8) is 0 Å². The third-order valence-electron chi connectivity index (χ3n) is 3.39. The van der Waals surface area contributed by atoms with Crippen LogP contribution in [0, 0.1) is 6.92 Å². The number of nitrogens with zero attached hydrogens (tertiary/aromatic N) is 2. The molecule has 116 valence electrons. The Hall–Kier alpha value is -3.15. The topological polar surface area (TPSA) is 87.1 Å². The molecule has 0 saturated heterocycles. The lowest BCUT2D eigenvalue weighted by molar-refractivity contribution is 0.194. The van der Waals surface area contributed by atoms with E-state index in [1.165, 1.54) is 5.56 Å². The van der Waals surface area contributed by atoms with E-state index in [9.17, 15) is 4.79 Å². The smallest absolute Gasteiger partial charge is 0.404 e. The van der Waals surface area contributed by atoms with Crippen LogP contribution in [0.5, 0.6) is 0 Å². The Bertz CT molecular complexity index is 847. The summed E-state index contributed by atoms with van der Waals surface area (Å²) in [6.45, 7) is 2.31. The highest BCUT2D eigenvalue weighted by atomic mass is 16.4. The normalized spacial score (nSPS) is 10.5. The highest BCUT2D eigenvalue weighted by Gasteiger charge is 2.02. The van der Waals surface area contributed by atoms with E-state index in [1.807, 2.05) is 49.4 Å². The number of fused-ring (bicyclic) bond motifs is 1. The molecule has 6 nitrogen and oxygen atoms in total. The van der Waals surface area contributed by atoms with Gasteiger partial charge in [0, 0.05) is 23.8 Å². The van der Waals surface area contributed by atoms with Crippen LogP contribution in [0.15, 0.2) is 48.7 Å². The summed E-state index contributed by atoms with van der Waals surface area (Å²) in [6, 6.07) is 13.5. The Morgan fingerprint density at radius 2 is 1.96 bits per heavy atom. The monoisotopic (exact) mass is 308 g/mol. The zero-order valence-electron chi connectivity index (χ0n) is 12.6. The fourth-order valence-electron chi connectivity index (χ4n) is 2.23. The van der Waals surface area contributed by atoms with Crippen molar-refractivity contribution in [3.8, 4) is 0 Å². The zero-order valence-corrected chi connectivity index (χ0v) is 12.6. The number of aryl methyl sites for hydroxylation is 1. The number of carbonyl (C=O) groups is 1. The van der Waals surface area contributed by atoms with E-state index in [0.29, 0.717) is 5.95 Å². The Balaban J connectivity index is 1.73. The maximum absolute atomic E-state index is 10.5. The van der Waals surface area contributed by atoms with Crippen molar-refractivity contribution in [2.45, 2.75) is 13.5 Å². The van der Waals surface area contributed by atoms with Crippen molar-refractivity contribution >= 4 is 28.6 Å². The first-order valence-corrected chi connectivity index (χ1v) is 7.16. The molecule has 1 heterocycles. The third-order valence-corrected chi connectivity index (χ3v) is 3.39. The van der Waals surface area contributed by atoms with E-state index < -0.39 is 6.09 Å². The van der Waals surface area contributed by atoms with Crippen LogP contribution in [0.2, 0.25) is 0 Å². The van der Waals surface area contributed by atoms with E-state index >= 15 is 0 Å². The first kappa shape index (κ1) is 14.8. The van der Waals surface area contributed by atoms with Gasteiger partial charge in [-0.1, -0.05) is 23.8 Å². The van der Waals surface area contributed by atoms with Crippen molar-refractivity contribution in [1.29, 1.82) is 0 Å². The molecule has 0 radical (unpaired) electrons.